The summed E-state index contributed by atoms with van der Waals surface area (Å²) in [6.45, 7) is 7.77. The lowest BCUT2D eigenvalue weighted by Crippen LogP contribution is -2.33. The van der Waals surface area contributed by atoms with Gasteiger partial charge in [-0.05, 0) is 44.0 Å². The lowest BCUT2D eigenvalue weighted by molar-refractivity contribution is 0.218. The van der Waals surface area contributed by atoms with Crippen LogP contribution in [0, 0.1) is 12.7 Å². The van der Waals surface area contributed by atoms with E-state index in [4.69, 9.17) is 18.0 Å². The Balaban J connectivity index is 2.76. The van der Waals surface area contributed by atoms with Crippen LogP contribution in [-0.4, -0.2) is 22.5 Å². The third-order valence-electron chi connectivity index (χ3n) is 3.06. The first-order valence-corrected chi connectivity index (χ1v) is 6.58. The Morgan fingerprint density at radius 3 is 2.67 bits per heavy atom. The molecule has 0 radical (unpaired) electrons. The Kier molecular flexibility index (Phi) is 5.69. The Morgan fingerprint density at radius 1 is 1.44 bits per heavy atom. The summed E-state index contributed by atoms with van der Waals surface area (Å²) in [5.41, 5.74) is 7.66. The number of aryl methyl sites for hydroxylation is 1. The highest BCUT2D eigenvalue weighted by Gasteiger charge is 2.12. The van der Waals surface area contributed by atoms with Crippen LogP contribution in [0.1, 0.15) is 31.4 Å². The highest BCUT2D eigenvalue weighted by atomic mass is 32.1. The Morgan fingerprint density at radius 2 is 2.11 bits per heavy atom. The van der Waals surface area contributed by atoms with Crippen molar-refractivity contribution in [1.82, 2.24) is 4.90 Å². The minimum absolute atomic E-state index is 0.186. The molecule has 0 amide bonds. The van der Waals surface area contributed by atoms with Crippen molar-refractivity contribution in [2.24, 2.45) is 5.73 Å². The molecule has 1 aromatic rings. The van der Waals surface area contributed by atoms with Crippen LogP contribution in [0.4, 0.5) is 4.39 Å². The van der Waals surface area contributed by atoms with Gasteiger partial charge in [0.05, 0.1) is 4.99 Å². The van der Waals surface area contributed by atoms with E-state index in [9.17, 15) is 4.39 Å². The third kappa shape index (κ3) is 4.70. The smallest absolute Gasteiger partial charge is 0.123 e. The van der Waals surface area contributed by atoms with Gasteiger partial charge in [-0.3, -0.25) is 4.90 Å². The van der Waals surface area contributed by atoms with E-state index < -0.39 is 0 Å². The number of halogens is 1. The summed E-state index contributed by atoms with van der Waals surface area (Å²) < 4.78 is 13.3. The largest absolute Gasteiger partial charge is 0.393 e. The first kappa shape index (κ1) is 15.1. The van der Waals surface area contributed by atoms with Gasteiger partial charge in [0.25, 0.3) is 0 Å². The molecule has 0 fully saturated rings. The van der Waals surface area contributed by atoms with Crippen LogP contribution in [0.15, 0.2) is 18.2 Å². The predicted octanol–water partition coefficient (Wildman–Crippen LogP) is 3.02. The fourth-order valence-electron chi connectivity index (χ4n) is 1.80. The summed E-state index contributed by atoms with van der Waals surface area (Å²) in [4.78, 5) is 2.78. The van der Waals surface area contributed by atoms with Gasteiger partial charge in [-0.15, -0.1) is 0 Å². The van der Waals surface area contributed by atoms with Gasteiger partial charge in [0, 0.05) is 25.6 Å². The first-order chi connectivity index (χ1) is 8.40. The summed E-state index contributed by atoms with van der Waals surface area (Å²) in [6.07, 6.45) is 0.696. The van der Waals surface area contributed by atoms with Crippen LogP contribution in [0.3, 0.4) is 0 Å². The lowest BCUT2D eigenvalue weighted by Gasteiger charge is -2.27. The van der Waals surface area contributed by atoms with E-state index in [0.29, 0.717) is 17.5 Å². The topological polar surface area (TPSA) is 29.3 Å². The Hall–Kier alpha value is -1.00. The second-order valence-corrected chi connectivity index (χ2v) is 5.38. The van der Waals surface area contributed by atoms with E-state index in [1.807, 2.05) is 13.0 Å². The van der Waals surface area contributed by atoms with Crippen molar-refractivity contribution in [3.05, 3.63) is 35.1 Å². The number of thiocarbonyl (C=S) groups is 1. The maximum atomic E-state index is 13.3. The molecule has 0 saturated heterocycles. The van der Waals surface area contributed by atoms with E-state index >= 15 is 0 Å². The molecule has 0 aromatic heterocycles. The van der Waals surface area contributed by atoms with E-state index in [-0.39, 0.29) is 5.82 Å². The highest BCUT2D eigenvalue weighted by Crippen LogP contribution is 2.15. The van der Waals surface area contributed by atoms with Gasteiger partial charge in [0.1, 0.15) is 5.82 Å². The molecule has 0 aliphatic heterocycles. The molecule has 4 heteroatoms. The van der Waals surface area contributed by atoms with Gasteiger partial charge in [-0.1, -0.05) is 18.3 Å². The van der Waals surface area contributed by atoms with Crippen LogP contribution < -0.4 is 5.73 Å². The van der Waals surface area contributed by atoms with Crippen molar-refractivity contribution in [2.75, 3.05) is 6.54 Å². The summed E-state index contributed by atoms with van der Waals surface area (Å²) in [5.74, 6) is -0.186. The van der Waals surface area contributed by atoms with Crippen molar-refractivity contribution in [3.8, 4) is 0 Å². The second kappa shape index (κ2) is 6.81. The van der Waals surface area contributed by atoms with Crippen molar-refractivity contribution in [1.29, 1.82) is 0 Å². The van der Waals surface area contributed by atoms with Gasteiger partial charge < -0.3 is 5.73 Å². The zero-order valence-electron chi connectivity index (χ0n) is 11.2. The zero-order valence-corrected chi connectivity index (χ0v) is 12.1. The molecule has 0 atom stereocenters. The molecule has 0 unspecified atom stereocenters. The minimum atomic E-state index is -0.186. The van der Waals surface area contributed by atoms with Crippen LogP contribution in [0.2, 0.25) is 0 Å². The van der Waals surface area contributed by atoms with Gasteiger partial charge in [-0.25, -0.2) is 4.39 Å². The van der Waals surface area contributed by atoms with Gasteiger partial charge in [0.2, 0.25) is 0 Å². The third-order valence-corrected chi connectivity index (χ3v) is 3.26. The van der Waals surface area contributed by atoms with Crippen molar-refractivity contribution >= 4 is 17.2 Å². The predicted molar refractivity (Wildman–Crippen MR) is 78.1 cm³/mol. The number of nitrogens with two attached hydrogens (primary N) is 1. The zero-order chi connectivity index (χ0) is 13.7. The van der Waals surface area contributed by atoms with E-state index in [2.05, 4.69) is 18.7 Å². The van der Waals surface area contributed by atoms with E-state index in [0.717, 1.165) is 24.2 Å². The molecule has 0 saturated carbocycles. The minimum Gasteiger partial charge on any atom is -0.393 e. The van der Waals surface area contributed by atoms with Crippen LogP contribution in [0.5, 0.6) is 0 Å². The van der Waals surface area contributed by atoms with Crippen molar-refractivity contribution < 1.29 is 4.39 Å². The average molecular weight is 268 g/mol. The first-order valence-electron chi connectivity index (χ1n) is 6.17. The van der Waals surface area contributed by atoms with Gasteiger partial charge >= 0.3 is 0 Å². The molecule has 1 aromatic carbocycles. The number of benzene rings is 1. The number of rotatable bonds is 6. The van der Waals surface area contributed by atoms with Crippen LogP contribution >= 0.6 is 12.2 Å². The second-order valence-electron chi connectivity index (χ2n) is 4.85. The molecule has 18 heavy (non-hydrogen) atoms. The molecule has 0 aliphatic rings. The standard InChI is InChI=1S/C14H21FN2S/c1-10(2)17(7-6-14(16)18)9-12-8-13(15)5-4-11(12)3/h4-5,8,10H,6-7,9H2,1-3H3,(H2,16,18). The highest BCUT2D eigenvalue weighted by molar-refractivity contribution is 7.80. The molecular weight excluding hydrogens is 247 g/mol. The quantitative estimate of drug-likeness (QED) is 0.804. The van der Waals surface area contributed by atoms with E-state index in [1.165, 1.54) is 6.07 Å². The number of nitrogens with zero attached hydrogens (tertiary/aromatic N) is 1. The Labute approximate surface area is 114 Å². The van der Waals surface area contributed by atoms with E-state index in [1.54, 1.807) is 6.07 Å². The number of hydrogen-bond acceptors (Lipinski definition) is 2. The van der Waals surface area contributed by atoms with Crippen LogP contribution in [0.25, 0.3) is 0 Å². The molecule has 0 aliphatic carbocycles. The van der Waals surface area contributed by atoms with Crippen molar-refractivity contribution in [3.63, 3.8) is 0 Å². The monoisotopic (exact) mass is 268 g/mol. The molecule has 2 nitrogen and oxygen atoms in total. The summed E-state index contributed by atoms with van der Waals surface area (Å²) in [6, 6.07) is 5.29. The fourth-order valence-corrected chi connectivity index (χ4v) is 1.89. The fraction of sp³-hybridized carbons (Fsp3) is 0.500. The molecule has 2 N–H and O–H groups in total. The maximum absolute atomic E-state index is 13.3. The summed E-state index contributed by atoms with van der Waals surface area (Å²) in [7, 11) is 0. The molecule has 0 bridgehead atoms. The summed E-state index contributed by atoms with van der Waals surface area (Å²) >= 11 is 4.90. The number of hydrogen-bond donors (Lipinski definition) is 1. The van der Waals surface area contributed by atoms with Gasteiger partial charge in [-0.2, -0.15) is 0 Å². The van der Waals surface area contributed by atoms with Gasteiger partial charge in [0.15, 0.2) is 0 Å². The molecule has 100 valence electrons. The normalized spacial score (nSPS) is 11.2. The molecule has 1 rings (SSSR count). The maximum Gasteiger partial charge on any atom is 0.123 e. The average Bonchev–Trinajstić information content (AvgIpc) is 2.28. The van der Waals surface area contributed by atoms with Crippen molar-refractivity contribution in [2.45, 2.75) is 39.8 Å². The van der Waals surface area contributed by atoms with Crippen LogP contribution in [-0.2, 0) is 6.54 Å². The lowest BCUT2D eigenvalue weighted by atomic mass is 10.1. The Bertz CT molecular complexity index is 418. The molecular formula is C14H21FN2S. The molecule has 0 heterocycles. The summed E-state index contributed by atoms with van der Waals surface area (Å²) in [5, 5.41) is 0. The molecule has 0 spiro atoms. The SMILES string of the molecule is Cc1ccc(F)cc1CN(CCC(N)=S)C(C)C.